The van der Waals surface area contributed by atoms with E-state index in [-0.39, 0.29) is 12.3 Å². The second-order valence-corrected chi connectivity index (χ2v) is 8.19. The van der Waals surface area contributed by atoms with Crippen LogP contribution in [0.25, 0.3) is 0 Å². The van der Waals surface area contributed by atoms with Gasteiger partial charge in [0.1, 0.15) is 6.61 Å². The standard InChI is InChI=1S/C25H24Cl2N2O3/c1-16-4-7-20(17(2)10-16)13-24(30)29-28-14-19-11-22(27)25(23(12-19)31-3)32-15-18-5-8-21(26)9-6-18/h4-12,14H,13,15H2,1-3H3,(H,29,30)/b28-14+. The summed E-state index contributed by atoms with van der Waals surface area (Å²) < 4.78 is 11.3. The number of amides is 1. The van der Waals surface area contributed by atoms with Crippen LogP contribution in [0.1, 0.15) is 27.8 Å². The van der Waals surface area contributed by atoms with Gasteiger partial charge in [0.2, 0.25) is 5.91 Å². The Bertz CT molecular complexity index is 1130. The highest BCUT2D eigenvalue weighted by Crippen LogP contribution is 2.36. The zero-order valence-electron chi connectivity index (χ0n) is 18.1. The first kappa shape index (κ1) is 23.6. The van der Waals surface area contributed by atoms with Crippen molar-refractivity contribution in [3.63, 3.8) is 0 Å². The van der Waals surface area contributed by atoms with Gasteiger partial charge in [-0.1, -0.05) is 59.1 Å². The second-order valence-electron chi connectivity index (χ2n) is 7.35. The molecule has 0 saturated carbocycles. The lowest BCUT2D eigenvalue weighted by Crippen LogP contribution is -2.20. The fourth-order valence-electron chi connectivity index (χ4n) is 3.13. The summed E-state index contributed by atoms with van der Waals surface area (Å²) in [6.45, 7) is 4.33. The Balaban J connectivity index is 1.63. The van der Waals surface area contributed by atoms with Crippen LogP contribution in [-0.4, -0.2) is 19.2 Å². The molecular formula is C25H24Cl2N2O3. The number of hydrogen-bond donors (Lipinski definition) is 1. The summed E-state index contributed by atoms with van der Waals surface area (Å²) in [4.78, 5) is 12.2. The van der Waals surface area contributed by atoms with Crippen LogP contribution in [0.15, 0.2) is 59.7 Å². The van der Waals surface area contributed by atoms with E-state index in [0.717, 1.165) is 22.3 Å². The van der Waals surface area contributed by atoms with Crippen LogP contribution < -0.4 is 14.9 Å². The van der Waals surface area contributed by atoms with E-state index >= 15 is 0 Å². The van der Waals surface area contributed by atoms with Gasteiger partial charge in [-0.15, -0.1) is 0 Å². The molecule has 0 aliphatic rings. The molecule has 0 heterocycles. The second kappa shape index (κ2) is 11.0. The first-order valence-corrected chi connectivity index (χ1v) is 10.7. The van der Waals surface area contributed by atoms with Crippen molar-refractivity contribution in [3.05, 3.63) is 92.5 Å². The van der Waals surface area contributed by atoms with Crippen molar-refractivity contribution in [1.29, 1.82) is 0 Å². The number of benzene rings is 3. The lowest BCUT2D eigenvalue weighted by molar-refractivity contribution is -0.120. The van der Waals surface area contributed by atoms with Crippen molar-refractivity contribution in [2.75, 3.05) is 7.11 Å². The normalized spacial score (nSPS) is 10.9. The first-order chi connectivity index (χ1) is 15.4. The van der Waals surface area contributed by atoms with E-state index < -0.39 is 0 Å². The number of nitrogens with one attached hydrogen (secondary N) is 1. The SMILES string of the molecule is COc1cc(/C=N/NC(=O)Cc2ccc(C)cc2C)cc(Cl)c1OCc1ccc(Cl)cc1. The van der Waals surface area contributed by atoms with E-state index in [1.54, 1.807) is 24.3 Å². The highest BCUT2D eigenvalue weighted by Gasteiger charge is 2.12. The smallest absolute Gasteiger partial charge is 0.244 e. The number of ether oxygens (including phenoxy) is 2. The van der Waals surface area contributed by atoms with Crippen LogP contribution >= 0.6 is 23.2 Å². The molecule has 32 heavy (non-hydrogen) atoms. The molecular weight excluding hydrogens is 447 g/mol. The average molecular weight is 471 g/mol. The molecule has 0 spiro atoms. The molecule has 0 fully saturated rings. The maximum atomic E-state index is 12.2. The summed E-state index contributed by atoms with van der Waals surface area (Å²) >= 11 is 12.3. The molecule has 0 unspecified atom stereocenters. The van der Waals surface area contributed by atoms with E-state index in [9.17, 15) is 4.79 Å². The van der Waals surface area contributed by atoms with E-state index in [2.05, 4.69) is 16.6 Å². The highest BCUT2D eigenvalue weighted by molar-refractivity contribution is 6.32. The zero-order valence-corrected chi connectivity index (χ0v) is 19.6. The van der Waals surface area contributed by atoms with Crippen molar-refractivity contribution in [1.82, 2.24) is 5.43 Å². The predicted molar refractivity (Wildman–Crippen MR) is 129 cm³/mol. The molecule has 0 saturated heterocycles. The highest BCUT2D eigenvalue weighted by atomic mass is 35.5. The van der Waals surface area contributed by atoms with Crippen molar-refractivity contribution in [2.45, 2.75) is 26.9 Å². The Morgan fingerprint density at radius 1 is 1.06 bits per heavy atom. The third kappa shape index (κ3) is 6.49. The zero-order chi connectivity index (χ0) is 23.1. The van der Waals surface area contributed by atoms with Crippen molar-refractivity contribution in [2.24, 2.45) is 5.10 Å². The topological polar surface area (TPSA) is 59.9 Å². The number of nitrogens with zero attached hydrogens (tertiary/aromatic N) is 1. The van der Waals surface area contributed by atoms with Crippen LogP contribution in [-0.2, 0) is 17.8 Å². The van der Waals surface area contributed by atoms with Gasteiger partial charge in [-0.25, -0.2) is 5.43 Å². The molecule has 0 aromatic heterocycles. The summed E-state index contributed by atoms with van der Waals surface area (Å²) in [6, 6.07) is 16.8. The minimum Gasteiger partial charge on any atom is -0.493 e. The van der Waals surface area contributed by atoms with Crippen molar-refractivity contribution >= 4 is 35.3 Å². The molecule has 3 rings (SSSR count). The Labute approximate surface area is 198 Å². The molecule has 7 heteroatoms. The third-order valence-electron chi connectivity index (χ3n) is 4.80. The van der Waals surface area contributed by atoms with Crippen LogP contribution in [0.3, 0.4) is 0 Å². The van der Waals surface area contributed by atoms with Gasteiger partial charge in [0, 0.05) is 5.02 Å². The molecule has 1 N–H and O–H groups in total. The number of aryl methyl sites for hydroxylation is 2. The first-order valence-electron chi connectivity index (χ1n) is 9.98. The molecule has 1 amide bonds. The minimum atomic E-state index is -0.200. The summed E-state index contributed by atoms with van der Waals surface area (Å²) in [5, 5.41) is 5.08. The van der Waals surface area contributed by atoms with E-state index in [1.807, 2.05) is 38.1 Å². The minimum absolute atomic E-state index is 0.200. The summed E-state index contributed by atoms with van der Waals surface area (Å²) in [6.07, 6.45) is 1.77. The van der Waals surface area contributed by atoms with Crippen LogP contribution in [0.2, 0.25) is 10.0 Å². The molecule has 5 nitrogen and oxygen atoms in total. The lowest BCUT2D eigenvalue weighted by Gasteiger charge is -2.13. The molecule has 0 radical (unpaired) electrons. The summed E-state index contributed by atoms with van der Waals surface area (Å²) in [7, 11) is 1.54. The number of carbonyl (C=O) groups is 1. The molecule has 3 aromatic carbocycles. The lowest BCUT2D eigenvalue weighted by atomic mass is 10.0. The average Bonchev–Trinajstić information content (AvgIpc) is 2.76. The monoisotopic (exact) mass is 470 g/mol. The van der Waals surface area contributed by atoms with Gasteiger partial charge in [-0.05, 0) is 60.4 Å². The maximum absolute atomic E-state index is 12.2. The van der Waals surface area contributed by atoms with Gasteiger partial charge in [0.25, 0.3) is 0 Å². The number of rotatable bonds is 8. The number of methoxy groups -OCH3 is 1. The predicted octanol–water partition coefficient (Wildman–Crippen LogP) is 5.89. The molecule has 0 aliphatic heterocycles. The van der Waals surface area contributed by atoms with Crippen molar-refractivity contribution in [3.8, 4) is 11.5 Å². The third-order valence-corrected chi connectivity index (χ3v) is 5.33. The fraction of sp³-hybridized carbons (Fsp3) is 0.200. The maximum Gasteiger partial charge on any atom is 0.244 e. The van der Waals surface area contributed by atoms with E-state index in [0.29, 0.717) is 33.7 Å². The molecule has 166 valence electrons. The molecule has 0 bridgehead atoms. The van der Waals surface area contributed by atoms with Gasteiger partial charge in [-0.2, -0.15) is 5.10 Å². The van der Waals surface area contributed by atoms with Crippen LogP contribution in [0.5, 0.6) is 11.5 Å². The largest absolute Gasteiger partial charge is 0.493 e. The van der Waals surface area contributed by atoms with Crippen molar-refractivity contribution < 1.29 is 14.3 Å². The number of hydrogen-bond acceptors (Lipinski definition) is 4. The number of hydrazone groups is 1. The van der Waals surface area contributed by atoms with Crippen LogP contribution in [0.4, 0.5) is 0 Å². The Morgan fingerprint density at radius 3 is 2.50 bits per heavy atom. The molecule has 0 aliphatic carbocycles. The molecule has 0 atom stereocenters. The van der Waals surface area contributed by atoms with E-state index in [1.165, 1.54) is 13.3 Å². The Kier molecular flexibility index (Phi) is 8.14. The van der Waals surface area contributed by atoms with Gasteiger partial charge >= 0.3 is 0 Å². The summed E-state index contributed by atoms with van der Waals surface area (Å²) in [5.41, 5.74) is 7.37. The summed E-state index contributed by atoms with van der Waals surface area (Å²) in [5.74, 6) is 0.698. The van der Waals surface area contributed by atoms with Gasteiger partial charge in [-0.3, -0.25) is 4.79 Å². The van der Waals surface area contributed by atoms with Gasteiger partial charge in [0.15, 0.2) is 11.5 Å². The van der Waals surface area contributed by atoms with Gasteiger partial charge in [0.05, 0.1) is 24.8 Å². The fourth-order valence-corrected chi connectivity index (χ4v) is 3.53. The number of halogens is 2. The number of carbonyl (C=O) groups excluding carboxylic acids is 1. The Morgan fingerprint density at radius 2 is 1.81 bits per heavy atom. The van der Waals surface area contributed by atoms with Crippen LogP contribution in [0, 0.1) is 13.8 Å². The van der Waals surface area contributed by atoms with Gasteiger partial charge < -0.3 is 9.47 Å². The Hall–Kier alpha value is -3.02. The molecule has 3 aromatic rings. The van der Waals surface area contributed by atoms with E-state index in [4.69, 9.17) is 32.7 Å². The quantitative estimate of drug-likeness (QED) is 0.329.